The number of amides is 2. The molecule has 41 heavy (non-hydrogen) atoms. The molecular weight excluding hydrogens is 558 g/mol. The zero-order valence-electron chi connectivity index (χ0n) is 22.2. The van der Waals surface area contributed by atoms with Crippen molar-refractivity contribution >= 4 is 42.0 Å². The second-order valence-electron chi connectivity index (χ2n) is 10.1. The Hall–Kier alpha value is -4.24. The Morgan fingerprint density at radius 3 is 1.88 bits per heavy atom. The van der Waals surface area contributed by atoms with Crippen LogP contribution in [0.4, 0.5) is 16.2 Å². The lowest BCUT2D eigenvalue weighted by atomic mass is 9.91. The van der Waals surface area contributed by atoms with E-state index in [1.165, 1.54) is 53.4 Å². The molecule has 2 fully saturated rings. The molecule has 14 nitrogen and oxygen atoms in total. The fourth-order valence-electron chi connectivity index (χ4n) is 4.89. The lowest BCUT2D eigenvalue weighted by Gasteiger charge is -2.38. The van der Waals surface area contributed by atoms with Crippen LogP contribution in [0.1, 0.15) is 24.5 Å². The zero-order valence-corrected chi connectivity index (χ0v) is 23.1. The van der Waals surface area contributed by atoms with Gasteiger partial charge in [0.05, 0.1) is 16.4 Å². The van der Waals surface area contributed by atoms with Crippen LogP contribution in [0.5, 0.6) is 0 Å². The van der Waals surface area contributed by atoms with E-state index in [-0.39, 0.29) is 43.5 Å². The third kappa shape index (κ3) is 6.57. The van der Waals surface area contributed by atoms with Gasteiger partial charge in [-0.3, -0.25) is 34.7 Å². The molecule has 0 saturated carbocycles. The molecule has 0 aliphatic carbocycles. The molecule has 0 spiro atoms. The Bertz CT molecular complexity index is 1330. The Balaban J connectivity index is 1.50. The summed E-state index contributed by atoms with van der Waals surface area (Å²) in [6.07, 6.45) is -0.995. The van der Waals surface area contributed by atoms with Crippen LogP contribution >= 0.6 is 12.6 Å². The fraction of sp³-hybridized carbons (Fsp3) is 0.423. The van der Waals surface area contributed by atoms with Gasteiger partial charge in [-0.15, -0.1) is 0 Å². The minimum absolute atomic E-state index is 0.105. The van der Waals surface area contributed by atoms with Crippen molar-refractivity contribution in [1.82, 2.24) is 15.1 Å². The van der Waals surface area contributed by atoms with Gasteiger partial charge in [-0.1, -0.05) is 0 Å². The molecule has 2 aliphatic heterocycles. The number of nitro benzene ring substituents is 2. The number of non-ortho nitro benzene ring substituents is 2. The molecule has 2 heterocycles. The summed E-state index contributed by atoms with van der Waals surface area (Å²) in [5.74, 6) is -1.12. The molecule has 2 aromatic carbocycles. The number of nitro groups is 2. The van der Waals surface area contributed by atoms with E-state index in [0.717, 1.165) is 0 Å². The molecule has 0 aromatic heterocycles. The SMILES string of the molecule is C[C@@]1(C(=O)N2CCNCC2)C[C@@](S)(C(=O)OCc2ccc([N+](=O)[O-])cc2)CN1C(=O)OCc1ccc([N+](=O)[O-])cc1. The average Bonchev–Trinajstić information content (AvgIpc) is 3.27. The zero-order chi connectivity index (χ0) is 29.8. The Morgan fingerprint density at radius 1 is 0.902 bits per heavy atom. The van der Waals surface area contributed by atoms with Crippen molar-refractivity contribution in [3.63, 3.8) is 0 Å². The van der Waals surface area contributed by atoms with Crippen LogP contribution in [0.3, 0.4) is 0 Å². The van der Waals surface area contributed by atoms with Gasteiger partial charge >= 0.3 is 12.1 Å². The molecule has 15 heteroatoms. The number of piperazine rings is 1. The van der Waals surface area contributed by atoms with E-state index in [4.69, 9.17) is 9.47 Å². The van der Waals surface area contributed by atoms with Crippen molar-refractivity contribution in [2.75, 3.05) is 32.7 Å². The highest BCUT2D eigenvalue weighted by molar-refractivity contribution is 7.82. The molecule has 2 aliphatic rings. The van der Waals surface area contributed by atoms with Crippen LogP contribution in [0, 0.1) is 20.2 Å². The predicted molar refractivity (Wildman–Crippen MR) is 147 cm³/mol. The number of rotatable bonds is 8. The Labute approximate surface area is 240 Å². The number of carbonyl (C=O) groups is 3. The number of hydrogen-bond acceptors (Lipinski definition) is 11. The maximum absolute atomic E-state index is 13.7. The quantitative estimate of drug-likeness (QED) is 0.202. The van der Waals surface area contributed by atoms with Gasteiger partial charge in [0.1, 0.15) is 23.5 Å². The van der Waals surface area contributed by atoms with Crippen molar-refractivity contribution in [2.24, 2.45) is 0 Å². The highest BCUT2D eigenvalue weighted by Gasteiger charge is 2.60. The summed E-state index contributed by atoms with van der Waals surface area (Å²) < 4.78 is 9.39. The first kappa shape index (κ1) is 29.7. The number of carbonyl (C=O) groups excluding carboxylic acids is 3. The molecule has 2 atom stereocenters. The first-order valence-corrected chi connectivity index (χ1v) is 13.2. The Kier molecular flexibility index (Phi) is 8.77. The number of nitrogens with one attached hydrogen (secondary N) is 1. The summed E-state index contributed by atoms with van der Waals surface area (Å²) in [5.41, 5.74) is -0.679. The third-order valence-corrected chi connectivity index (χ3v) is 7.63. The molecule has 2 saturated heterocycles. The molecule has 0 radical (unpaired) electrons. The summed E-state index contributed by atoms with van der Waals surface area (Å²) >= 11 is 4.60. The number of thiol groups is 1. The van der Waals surface area contributed by atoms with Gasteiger partial charge in [-0.2, -0.15) is 12.6 Å². The van der Waals surface area contributed by atoms with Crippen LogP contribution in [0.2, 0.25) is 0 Å². The molecular formula is C26H29N5O9S. The van der Waals surface area contributed by atoms with Gasteiger partial charge in [0.2, 0.25) is 5.91 Å². The molecule has 218 valence electrons. The number of ether oxygens (including phenoxy) is 2. The van der Waals surface area contributed by atoms with Gasteiger partial charge < -0.3 is 19.7 Å². The molecule has 0 unspecified atom stereocenters. The number of likely N-dealkylation sites (tertiary alicyclic amines) is 1. The number of hydrogen-bond donors (Lipinski definition) is 2. The first-order chi connectivity index (χ1) is 19.4. The third-order valence-electron chi connectivity index (χ3n) is 7.14. The summed E-state index contributed by atoms with van der Waals surface area (Å²) in [7, 11) is 0. The van der Waals surface area contributed by atoms with E-state index in [2.05, 4.69) is 17.9 Å². The van der Waals surface area contributed by atoms with Crippen molar-refractivity contribution in [2.45, 2.75) is 36.8 Å². The smallest absolute Gasteiger partial charge is 0.411 e. The van der Waals surface area contributed by atoms with Gasteiger partial charge in [0.25, 0.3) is 11.4 Å². The lowest BCUT2D eigenvalue weighted by molar-refractivity contribution is -0.385. The van der Waals surface area contributed by atoms with Crippen LogP contribution < -0.4 is 5.32 Å². The van der Waals surface area contributed by atoms with E-state index >= 15 is 0 Å². The monoisotopic (exact) mass is 587 g/mol. The summed E-state index contributed by atoms with van der Waals surface area (Å²) in [6, 6.07) is 11.0. The Morgan fingerprint density at radius 2 is 1.39 bits per heavy atom. The highest BCUT2D eigenvalue weighted by Crippen LogP contribution is 2.42. The van der Waals surface area contributed by atoms with Crippen molar-refractivity contribution < 1.29 is 33.7 Å². The number of esters is 1. The minimum Gasteiger partial charge on any atom is -0.460 e. The van der Waals surface area contributed by atoms with Gasteiger partial charge in [0.15, 0.2) is 0 Å². The van der Waals surface area contributed by atoms with Gasteiger partial charge in [-0.05, 0) is 42.3 Å². The maximum atomic E-state index is 13.7. The van der Waals surface area contributed by atoms with Crippen molar-refractivity contribution in [3.8, 4) is 0 Å². The van der Waals surface area contributed by atoms with Crippen LogP contribution in [-0.4, -0.2) is 80.6 Å². The van der Waals surface area contributed by atoms with Crippen molar-refractivity contribution in [1.29, 1.82) is 0 Å². The molecule has 0 bridgehead atoms. The van der Waals surface area contributed by atoms with Crippen molar-refractivity contribution in [3.05, 3.63) is 79.9 Å². The predicted octanol–water partition coefficient (Wildman–Crippen LogP) is 2.45. The van der Waals surface area contributed by atoms with E-state index in [0.29, 0.717) is 37.3 Å². The van der Waals surface area contributed by atoms with E-state index < -0.39 is 32.2 Å². The van der Waals surface area contributed by atoms with E-state index in [9.17, 15) is 34.6 Å². The standard InChI is InChI=1S/C26H29N5O9S/c1-25(22(32)28-12-10-27-11-13-28)16-26(41,23(33)39-14-18-2-6-20(7-3-18)30(35)36)17-29(25)24(34)40-15-19-4-8-21(9-5-19)31(37)38/h2-9,27,41H,10-17H2,1H3/t25-,26-/m0/s1. The fourth-order valence-corrected chi connectivity index (χ4v) is 5.41. The minimum atomic E-state index is -1.55. The molecule has 2 aromatic rings. The van der Waals surface area contributed by atoms with E-state index in [1.807, 2.05) is 0 Å². The molecule has 1 N–H and O–H groups in total. The summed E-state index contributed by atoms with van der Waals surface area (Å²) in [5, 5.41) is 25.0. The van der Waals surface area contributed by atoms with Gasteiger partial charge in [0, 0.05) is 56.9 Å². The average molecular weight is 588 g/mol. The second kappa shape index (κ2) is 12.1. The van der Waals surface area contributed by atoms with Crippen LogP contribution in [0.15, 0.2) is 48.5 Å². The maximum Gasteiger partial charge on any atom is 0.411 e. The first-order valence-electron chi connectivity index (χ1n) is 12.7. The highest BCUT2D eigenvalue weighted by atomic mass is 32.1. The van der Waals surface area contributed by atoms with Gasteiger partial charge in [-0.25, -0.2) is 4.79 Å². The molecule has 4 rings (SSSR count). The van der Waals surface area contributed by atoms with E-state index in [1.54, 1.807) is 11.8 Å². The lowest BCUT2D eigenvalue weighted by Crippen LogP contribution is -2.59. The topological polar surface area (TPSA) is 174 Å². The number of nitrogens with zero attached hydrogens (tertiary/aromatic N) is 4. The number of benzene rings is 2. The van der Waals surface area contributed by atoms with Crippen LogP contribution in [0.25, 0.3) is 0 Å². The van der Waals surface area contributed by atoms with Crippen LogP contribution in [-0.2, 0) is 32.3 Å². The normalized spacial score (nSPS) is 22.2. The largest absolute Gasteiger partial charge is 0.460 e. The summed E-state index contributed by atoms with van der Waals surface area (Å²) in [6.45, 7) is 2.89. The molecule has 2 amide bonds. The second-order valence-corrected chi connectivity index (χ2v) is 10.9. The summed E-state index contributed by atoms with van der Waals surface area (Å²) in [4.78, 5) is 63.8.